The van der Waals surface area contributed by atoms with Crippen molar-refractivity contribution in [3.05, 3.63) is 18.3 Å². The van der Waals surface area contributed by atoms with E-state index >= 15 is 0 Å². The van der Waals surface area contributed by atoms with Crippen LogP contribution in [0.5, 0.6) is 5.75 Å². The third-order valence-corrected chi connectivity index (χ3v) is 2.47. The number of aromatic nitrogens is 1. The van der Waals surface area contributed by atoms with Gasteiger partial charge in [-0.2, -0.15) is 26.3 Å². The quantitative estimate of drug-likeness (QED) is 0.747. The molecule has 17 heavy (non-hydrogen) atoms. The number of hydrogen-bond donors (Lipinski definition) is 3. The molecule has 0 spiro atoms. The Hall–Kier alpha value is -1.55. The van der Waals surface area contributed by atoms with Gasteiger partial charge in [0.2, 0.25) is 0 Å². The van der Waals surface area contributed by atoms with Gasteiger partial charge in [-0.25, -0.2) is 4.98 Å². The second-order valence-corrected chi connectivity index (χ2v) is 4.41. The topological polar surface area (TPSA) is 91.3 Å². The molecule has 96 valence electrons. The Labute approximate surface area is 94.7 Å². The highest BCUT2D eigenvalue weighted by molar-refractivity contribution is 7.90. The van der Waals surface area contributed by atoms with E-state index in [-0.39, 0.29) is 0 Å². The molecule has 0 unspecified atom stereocenters. The highest BCUT2D eigenvalue weighted by atomic mass is 32.2. The van der Waals surface area contributed by atoms with Crippen molar-refractivity contribution in [1.29, 1.82) is 0 Å². The van der Waals surface area contributed by atoms with E-state index in [4.69, 9.17) is 5.11 Å². The molecule has 6 nitrogen and oxygen atoms in total. The number of alkyl halides is 3. The maximum atomic E-state index is 11.8. The van der Waals surface area contributed by atoms with Crippen molar-refractivity contribution in [2.24, 2.45) is 0 Å². The minimum atomic E-state index is -4.67. The molecule has 0 radical (unpaired) electrons. The van der Waals surface area contributed by atoms with Gasteiger partial charge in [0, 0.05) is 6.20 Å². The number of nitrogens with zero attached hydrogens (tertiary/aromatic N) is 1. The van der Waals surface area contributed by atoms with Gasteiger partial charge in [0.25, 0.3) is 0 Å². The van der Waals surface area contributed by atoms with Gasteiger partial charge in [0.05, 0.1) is 0 Å². The first-order valence-corrected chi connectivity index (χ1v) is 5.66. The highest BCUT2D eigenvalue weighted by Crippen LogP contribution is 2.19. The summed E-state index contributed by atoms with van der Waals surface area (Å²) < 4.78 is 60.5. The fourth-order valence-electron chi connectivity index (χ4n) is 0.816. The van der Waals surface area contributed by atoms with Crippen LogP contribution in [0.4, 0.5) is 19.0 Å². The molecule has 1 heterocycles. The zero-order valence-corrected chi connectivity index (χ0v) is 9.01. The van der Waals surface area contributed by atoms with Crippen LogP contribution in [-0.2, 0) is 10.2 Å². The number of anilines is 1. The first-order valence-electron chi connectivity index (χ1n) is 4.18. The van der Waals surface area contributed by atoms with Crippen LogP contribution in [0.25, 0.3) is 0 Å². The van der Waals surface area contributed by atoms with E-state index in [1.807, 2.05) is 0 Å². The van der Waals surface area contributed by atoms with Crippen molar-refractivity contribution in [2.45, 2.75) is 6.18 Å². The van der Waals surface area contributed by atoms with E-state index in [1.165, 1.54) is 17.0 Å². The Balaban J connectivity index is 2.71. The van der Waals surface area contributed by atoms with Crippen molar-refractivity contribution < 1.29 is 26.7 Å². The minimum absolute atomic E-state index is 0.456. The predicted octanol–water partition coefficient (Wildman–Crippen LogP) is 0.596. The summed E-state index contributed by atoms with van der Waals surface area (Å²) in [6.07, 6.45) is -3.50. The van der Waals surface area contributed by atoms with Crippen LogP contribution in [0, 0.1) is 0 Å². The molecule has 0 amide bonds. The summed E-state index contributed by atoms with van der Waals surface area (Å²) in [5, 5.41) is 9.16. The second-order valence-electron chi connectivity index (χ2n) is 2.91. The summed E-state index contributed by atoms with van der Waals surface area (Å²) in [5.41, 5.74) is 0. The summed E-state index contributed by atoms with van der Waals surface area (Å²) in [6.45, 7) is -1.71. The third-order valence-electron chi connectivity index (χ3n) is 1.48. The Morgan fingerprint density at radius 2 is 2.06 bits per heavy atom. The normalized spacial score (nSPS) is 12.4. The van der Waals surface area contributed by atoms with Gasteiger partial charge in [-0.1, -0.05) is 0 Å². The van der Waals surface area contributed by atoms with E-state index in [0.717, 1.165) is 6.07 Å². The Morgan fingerprint density at radius 1 is 1.41 bits per heavy atom. The fourth-order valence-corrected chi connectivity index (χ4v) is 1.65. The van der Waals surface area contributed by atoms with Gasteiger partial charge in [0.1, 0.15) is 6.54 Å². The molecule has 0 atom stereocenters. The number of pyridine rings is 1. The summed E-state index contributed by atoms with van der Waals surface area (Å²) in [5.74, 6) is -0.952. The van der Waals surface area contributed by atoms with E-state index in [2.05, 4.69) is 4.98 Å². The lowest BCUT2D eigenvalue weighted by molar-refractivity contribution is -0.121. The zero-order chi connectivity index (χ0) is 13.1. The van der Waals surface area contributed by atoms with Crippen LogP contribution in [-0.4, -0.2) is 31.2 Å². The average Bonchev–Trinajstić information content (AvgIpc) is 2.18. The molecule has 10 heteroatoms. The molecule has 1 aromatic heterocycles. The number of hydrogen-bond acceptors (Lipinski definition) is 4. The molecule has 1 rings (SSSR count). The van der Waals surface area contributed by atoms with E-state index in [9.17, 15) is 21.6 Å². The summed E-state index contributed by atoms with van der Waals surface area (Å²) in [6, 6.07) is 2.46. The maximum Gasteiger partial charge on any atom is 0.402 e. The second kappa shape index (κ2) is 4.75. The Morgan fingerprint density at radius 3 is 2.59 bits per heavy atom. The molecule has 3 N–H and O–H groups in total. The Kier molecular flexibility index (Phi) is 3.78. The van der Waals surface area contributed by atoms with Crippen LogP contribution < -0.4 is 9.44 Å². The molecule has 0 bridgehead atoms. The lowest BCUT2D eigenvalue weighted by atomic mass is 10.4. The molecule has 0 aliphatic heterocycles. The van der Waals surface area contributed by atoms with Crippen molar-refractivity contribution >= 4 is 16.0 Å². The van der Waals surface area contributed by atoms with E-state index in [0.29, 0.717) is 0 Å². The van der Waals surface area contributed by atoms with Crippen molar-refractivity contribution in [3.8, 4) is 5.75 Å². The molecular formula is C7H8F3N3O3S. The monoisotopic (exact) mass is 271 g/mol. The van der Waals surface area contributed by atoms with Gasteiger partial charge >= 0.3 is 16.4 Å². The first-order chi connectivity index (χ1) is 7.70. The maximum absolute atomic E-state index is 11.8. The third kappa shape index (κ3) is 4.87. The van der Waals surface area contributed by atoms with Crippen molar-refractivity contribution in [2.75, 3.05) is 11.3 Å². The van der Waals surface area contributed by atoms with Crippen molar-refractivity contribution in [3.63, 3.8) is 0 Å². The molecule has 0 aliphatic carbocycles. The minimum Gasteiger partial charge on any atom is -0.504 e. The number of nitrogens with one attached hydrogen (secondary N) is 2. The highest BCUT2D eigenvalue weighted by Gasteiger charge is 2.29. The standard InChI is InChI=1S/C7H8F3N3O3S/c8-7(9,10)4-12-17(15,16)13-6-5(14)2-1-3-11-6/h1-3,12,14H,4H2,(H,11,13). The average molecular weight is 271 g/mol. The van der Waals surface area contributed by atoms with Gasteiger partial charge in [-0.05, 0) is 12.1 Å². The van der Waals surface area contributed by atoms with E-state index < -0.39 is 34.5 Å². The molecule has 0 saturated heterocycles. The van der Waals surface area contributed by atoms with Gasteiger partial charge in [0.15, 0.2) is 11.6 Å². The molecular weight excluding hydrogens is 263 g/mol. The van der Waals surface area contributed by atoms with Gasteiger partial charge < -0.3 is 5.11 Å². The molecule has 0 fully saturated rings. The number of aromatic hydroxyl groups is 1. The SMILES string of the molecule is O=S(=O)(NCC(F)(F)F)Nc1ncccc1O. The lowest BCUT2D eigenvalue weighted by Gasteiger charge is -2.10. The lowest BCUT2D eigenvalue weighted by Crippen LogP contribution is -2.37. The zero-order valence-electron chi connectivity index (χ0n) is 8.19. The summed E-state index contributed by atoms with van der Waals surface area (Å²) >= 11 is 0. The van der Waals surface area contributed by atoms with Crippen LogP contribution in [0.1, 0.15) is 0 Å². The molecule has 1 aromatic rings. The smallest absolute Gasteiger partial charge is 0.402 e. The predicted molar refractivity (Wildman–Crippen MR) is 52.5 cm³/mol. The fraction of sp³-hybridized carbons (Fsp3) is 0.286. The molecule has 0 saturated carbocycles. The summed E-state index contributed by atoms with van der Waals surface area (Å²) in [4.78, 5) is 3.45. The van der Waals surface area contributed by atoms with Crippen LogP contribution in [0.15, 0.2) is 18.3 Å². The number of halogens is 3. The van der Waals surface area contributed by atoms with Gasteiger partial charge in [-0.3, -0.25) is 4.72 Å². The van der Waals surface area contributed by atoms with Crippen LogP contribution in [0.3, 0.4) is 0 Å². The molecule has 0 aliphatic rings. The van der Waals surface area contributed by atoms with Crippen molar-refractivity contribution in [1.82, 2.24) is 9.71 Å². The van der Waals surface area contributed by atoms with Crippen LogP contribution in [0.2, 0.25) is 0 Å². The Bertz CT molecular complexity index is 489. The van der Waals surface area contributed by atoms with E-state index in [1.54, 1.807) is 4.72 Å². The van der Waals surface area contributed by atoms with Gasteiger partial charge in [-0.15, -0.1) is 0 Å². The summed E-state index contributed by atoms with van der Waals surface area (Å²) in [7, 11) is -4.43. The first kappa shape index (κ1) is 13.5. The molecule has 0 aromatic carbocycles. The largest absolute Gasteiger partial charge is 0.504 e. The van der Waals surface area contributed by atoms with Crippen LogP contribution >= 0.6 is 0 Å². The number of rotatable bonds is 4.